The number of aryl methyl sites for hydroxylation is 1. The molecule has 0 saturated heterocycles. The summed E-state index contributed by atoms with van der Waals surface area (Å²) in [7, 11) is -4.18. The van der Waals surface area contributed by atoms with E-state index in [9.17, 15) is 18.0 Å². The van der Waals surface area contributed by atoms with Crippen molar-refractivity contribution >= 4 is 39.1 Å². The minimum atomic E-state index is -4.18. The molecule has 1 atom stereocenters. The van der Waals surface area contributed by atoms with E-state index in [0.717, 1.165) is 21.0 Å². The molecule has 1 N–H and O–H groups in total. The third-order valence-corrected chi connectivity index (χ3v) is 10.1. The lowest BCUT2D eigenvalue weighted by molar-refractivity contribution is -0.140. The Morgan fingerprint density at radius 2 is 1.43 bits per heavy atom. The van der Waals surface area contributed by atoms with Crippen LogP contribution >= 0.6 is 11.6 Å². The smallest absolute Gasteiger partial charge is 0.264 e. The molecule has 0 aliphatic rings. The van der Waals surface area contributed by atoms with E-state index < -0.39 is 28.5 Å². The molecule has 0 radical (unpaired) electrons. The summed E-state index contributed by atoms with van der Waals surface area (Å²) in [6.07, 6.45) is 0.231. The summed E-state index contributed by atoms with van der Waals surface area (Å²) in [6, 6.07) is 29.4. The van der Waals surface area contributed by atoms with Gasteiger partial charge in [-0.3, -0.25) is 13.9 Å². The largest absolute Gasteiger partial charge is 0.354 e. The van der Waals surface area contributed by atoms with Gasteiger partial charge in [-0.25, -0.2) is 8.42 Å². The van der Waals surface area contributed by atoms with Crippen molar-refractivity contribution in [2.45, 2.75) is 64.4 Å². The predicted octanol–water partition coefficient (Wildman–Crippen LogP) is 7.38. The molecule has 7 nitrogen and oxygen atoms in total. The van der Waals surface area contributed by atoms with Gasteiger partial charge in [0.1, 0.15) is 12.6 Å². The van der Waals surface area contributed by atoms with Gasteiger partial charge in [0.25, 0.3) is 10.0 Å². The van der Waals surface area contributed by atoms with E-state index in [-0.39, 0.29) is 35.6 Å². The second-order valence-electron chi connectivity index (χ2n) is 12.5. The second-order valence-corrected chi connectivity index (χ2v) is 14.8. The Kier molecular flexibility index (Phi) is 12.2. The Balaban J connectivity index is 1.81. The van der Waals surface area contributed by atoms with Gasteiger partial charge in [-0.2, -0.15) is 0 Å². The summed E-state index contributed by atoms with van der Waals surface area (Å²) in [6.45, 7) is 9.90. The average Bonchev–Trinajstić information content (AvgIpc) is 3.05. The molecule has 0 spiro atoms. The van der Waals surface area contributed by atoms with Gasteiger partial charge in [0.15, 0.2) is 0 Å². The molecule has 0 aliphatic heterocycles. The van der Waals surface area contributed by atoms with Gasteiger partial charge < -0.3 is 10.2 Å². The minimum absolute atomic E-state index is 0.00973. The molecule has 0 aromatic heterocycles. The van der Waals surface area contributed by atoms with E-state index in [4.69, 9.17) is 11.6 Å². The molecular formula is C38H44ClN3O4S. The number of sulfonamides is 1. The fourth-order valence-corrected chi connectivity index (χ4v) is 6.79. The van der Waals surface area contributed by atoms with Gasteiger partial charge in [-0.05, 0) is 65.8 Å². The van der Waals surface area contributed by atoms with Gasteiger partial charge in [-0.1, -0.05) is 118 Å². The lowest BCUT2D eigenvalue weighted by Gasteiger charge is -2.34. The molecule has 0 heterocycles. The van der Waals surface area contributed by atoms with E-state index in [1.165, 1.54) is 4.90 Å². The third kappa shape index (κ3) is 9.46. The van der Waals surface area contributed by atoms with E-state index in [1.807, 2.05) is 69.3 Å². The lowest BCUT2D eigenvalue weighted by atomic mass is 10.0. The highest BCUT2D eigenvalue weighted by atomic mass is 35.5. The monoisotopic (exact) mass is 673 g/mol. The maximum atomic E-state index is 14.6. The summed E-state index contributed by atoms with van der Waals surface area (Å²) in [4.78, 5) is 30.1. The minimum Gasteiger partial charge on any atom is -0.354 e. The van der Waals surface area contributed by atoms with E-state index in [0.29, 0.717) is 22.8 Å². The van der Waals surface area contributed by atoms with Crippen molar-refractivity contribution in [1.82, 2.24) is 10.2 Å². The quantitative estimate of drug-likeness (QED) is 0.151. The van der Waals surface area contributed by atoms with Crippen LogP contribution in [0.5, 0.6) is 0 Å². The Labute approximate surface area is 284 Å². The molecule has 0 saturated carbocycles. The molecule has 0 bridgehead atoms. The fourth-order valence-electron chi connectivity index (χ4n) is 5.18. The maximum Gasteiger partial charge on any atom is 0.264 e. The number of hydrogen-bond donors (Lipinski definition) is 1. The number of carbonyl (C=O) groups excluding carboxylic acids is 2. The maximum absolute atomic E-state index is 14.6. The summed E-state index contributed by atoms with van der Waals surface area (Å²) in [5, 5.41) is 3.45. The number of hydrogen-bond acceptors (Lipinski definition) is 4. The van der Waals surface area contributed by atoms with Crippen LogP contribution in [0.2, 0.25) is 5.02 Å². The first-order valence-corrected chi connectivity index (χ1v) is 17.7. The molecule has 0 aliphatic carbocycles. The average molecular weight is 674 g/mol. The van der Waals surface area contributed by atoms with Crippen LogP contribution in [0.4, 0.5) is 5.69 Å². The summed E-state index contributed by atoms with van der Waals surface area (Å²) >= 11 is 6.58. The van der Waals surface area contributed by atoms with Gasteiger partial charge >= 0.3 is 0 Å². The highest BCUT2D eigenvalue weighted by molar-refractivity contribution is 7.92. The van der Waals surface area contributed by atoms with Crippen LogP contribution in [0, 0.1) is 12.8 Å². The first-order chi connectivity index (χ1) is 22.4. The molecule has 0 fully saturated rings. The van der Waals surface area contributed by atoms with Crippen LogP contribution in [-0.2, 0) is 32.6 Å². The number of amides is 2. The number of nitrogens with zero attached hydrogens (tertiary/aromatic N) is 2. The predicted molar refractivity (Wildman–Crippen MR) is 190 cm³/mol. The van der Waals surface area contributed by atoms with Crippen LogP contribution in [0.25, 0.3) is 0 Å². The molecule has 248 valence electrons. The van der Waals surface area contributed by atoms with Crippen LogP contribution in [0.1, 0.15) is 55.9 Å². The normalized spacial score (nSPS) is 12.2. The zero-order chi connectivity index (χ0) is 34.1. The van der Waals surface area contributed by atoms with E-state index >= 15 is 0 Å². The molecular weight excluding hydrogens is 630 g/mol. The van der Waals surface area contributed by atoms with Crippen molar-refractivity contribution in [2.75, 3.05) is 17.4 Å². The number of anilines is 1. The van der Waals surface area contributed by atoms with Gasteiger partial charge in [-0.15, -0.1) is 0 Å². The SMILES string of the molecule is Cc1ccc(S(=O)(=O)N(CC(=O)N(Cc2ccccc2Cl)C(Cc2ccccc2)C(=O)NCC(C)C)c2ccc(C(C)C)cc2)cc1. The topological polar surface area (TPSA) is 86.8 Å². The van der Waals surface area contributed by atoms with Crippen LogP contribution in [0.15, 0.2) is 108 Å². The summed E-state index contributed by atoms with van der Waals surface area (Å²) in [5.41, 5.74) is 3.81. The fraction of sp³-hybridized carbons (Fsp3) is 0.316. The number of carbonyl (C=O) groups is 2. The number of halogens is 1. The number of rotatable bonds is 14. The van der Waals surface area contributed by atoms with Crippen molar-refractivity contribution < 1.29 is 18.0 Å². The zero-order valence-electron chi connectivity index (χ0n) is 27.7. The van der Waals surface area contributed by atoms with Crippen LogP contribution < -0.4 is 9.62 Å². The summed E-state index contributed by atoms with van der Waals surface area (Å²) in [5.74, 6) is -0.429. The van der Waals surface area contributed by atoms with Crippen molar-refractivity contribution in [2.24, 2.45) is 5.92 Å². The molecule has 4 aromatic carbocycles. The Morgan fingerprint density at radius 1 is 0.809 bits per heavy atom. The van der Waals surface area contributed by atoms with Crippen molar-refractivity contribution in [1.29, 1.82) is 0 Å². The first kappa shape index (κ1) is 35.7. The first-order valence-electron chi connectivity index (χ1n) is 15.9. The Hall–Kier alpha value is -4.14. The standard InChI is InChI=1S/C38H44ClN3O4S/c1-27(2)24-40-38(44)36(23-30-11-7-6-8-12-30)41(25-32-13-9-10-14-35(32)39)37(43)26-42(33-19-17-31(18-20-33)28(3)4)47(45,46)34-21-15-29(5)16-22-34/h6-22,27-28,36H,23-26H2,1-5H3,(H,40,44). The Morgan fingerprint density at radius 3 is 2.02 bits per heavy atom. The van der Waals surface area contributed by atoms with Crippen molar-refractivity contribution in [3.05, 3.63) is 130 Å². The summed E-state index contributed by atoms with van der Waals surface area (Å²) < 4.78 is 29.7. The molecule has 1 unspecified atom stereocenters. The Bertz CT molecular complexity index is 1740. The molecule has 4 rings (SSSR count). The lowest BCUT2D eigenvalue weighted by Crippen LogP contribution is -2.53. The molecule has 47 heavy (non-hydrogen) atoms. The van der Waals surface area contributed by atoms with Crippen molar-refractivity contribution in [3.8, 4) is 0 Å². The van der Waals surface area contributed by atoms with E-state index in [2.05, 4.69) is 19.2 Å². The van der Waals surface area contributed by atoms with Crippen molar-refractivity contribution in [3.63, 3.8) is 0 Å². The highest BCUT2D eigenvalue weighted by Gasteiger charge is 2.35. The second kappa shape index (κ2) is 16.1. The van der Waals surface area contributed by atoms with Crippen LogP contribution in [0.3, 0.4) is 0 Å². The number of nitrogens with one attached hydrogen (secondary N) is 1. The zero-order valence-corrected chi connectivity index (χ0v) is 29.3. The van der Waals surface area contributed by atoms with E-state index in [1.54, 1.807) is 54.6 Å². The van der Waals surface area contributed by atoms with Gasteiger partial charge in [0.2, 0.25) is 11.8 Å². The van der Waals surface area contributed by atoms with Crippen LogP contribution in [-0.4, -0.2) is 44.3 Å². The highest BCUT2D eigenvalue weighted by Crippen LogP contribution is 2.28. The number of benzene rings is 4. The van der Waals surface area contributed by atoms with Gasteiger partial charge in [0, 0.05) is 24.5 Å². The molecule has 9 heteroatoms. The van der Waals surface area contributed by atoms with Gasteiger partial charge in [0.05, 0.1) is 10.6 Å². The molecule has 2 amide bonds. The third-order valence-electron chi connectivity index (χ3n) is 7.99. The molecule has 4 aromatic rings.